The summed E-state index contributed by atoms with van der Waals surface area (Å²) in [5.41, 5.74) is 0.715. The predicted octanol–water partition coefficient (Wildman–Crippen LogP) is 2.21. The fourth-order valence-electron chi connectivity index (χ4n) is 1.88. The number of rotatable bonds is 5. The van der Waals surface area contributed by atoms with E-state index in [1.807, 2.05) is 11.8 Å². The van der Waals surface area contributed by atoms with Gasteiger partial charge in [0.25, 0.3) is 0 Å². The Bertz CT molecular complexity index is 427. The normalized spacial score (nSPS) is 18.6. The minimum absolute atomic E-state index is 0.00405. The third-order valence-corrected chi connectivity index (χ3v) is 3.90. The Morgan fingerprint density at radius 2 is 2.33 bits per heavy atom. The van der Waals surface area contributed by atoms with E-state index in [0.717, 1.165) is 17.9 Å². The van der Waals surface area contributed by atoms with Crippen molar-refractivity contribution in [3.05, 3.63) is 23.8 Å². The van der Waals surface area contributed by atoms with Crippen LogP contribution in [-0.2, 0) is 11.2 Å². The van der Waals surface area contributed by atoms with Crippen LogP contribution in [0, 0.1) is 0 Å². The van der Waals surface area contributed by atoms with Crippen molar-refractivity contribution in [3.63, 3.8) is 0 Å². The molecule has 0 bridgehead atoms. The highest BCUT2D eigenvalue weighted by Crippen LogP contribution is 2.31. The van der Waals surface area contributed by atoms with E-state index >= 15 is 0 Å². The van der Waals surface area contributed by atoms with Gasteiger partial charge in [0.1, 0.15) is 6.10 Å². The lowest BCUT2D eigenvalue weighted by molar-refractivity contribution is -0.136. The number of methoxy groups -OCH3 is 1. The molecule has 1 unspecified atom stereocenters. The summed E-state index contributed by atoms with van der Waals surface area (Å²) in [5, 5.41) is 8.75. The molecule has 5 heteroatoms. The SMILES string of the molecule is COc1cc(CC(=O)O)ccc1OC1CCSC1. The van der Waals surface area contributed by atoms with Crippen LogP contribution >= 0.6 is 11.8 Å². The second kappa shape index (κ2) is 6.00. The van der Waals surface area contributed by atoms with E-state index in [0.29, 0.717) is 17.1 Å². The number of benzene rings is 1. The molecule has 1 N–H and O–H groups in total. The average Bonchev–Trinajstić information content (AvgIpc) is 2.83. The lowest BCUT2D eigenvalue weighted by Gasteiger charge is -2.16. The summed E-state index contributed by atoms with van der Waals surface area (Å²) >= 11 is 1.88. The Morgan fingerprint density at radius 1 is 1.50 bits per heavy atom. The van der Waals surface area contributed by atoms with Gasteiger partial charge in [-0.25, -0.2) is 0 Å². The van der Waals surface area contributed by atoms with Crippen LogP contribution in [0.3, 0.4) is 0 Å². The van der Waals surface area contributed by atoms with Gasteiger partial charge in [-0.15, -0.1) is 0 Å². The number of carboxylic acid groups (broad SMARTS) is 1. The molecule has 0 radical (unpaired) electrons. The summed E-state index contributed by atoms with van der Waals surface area (Å²) in [5.74, 6) is 2.58. The van der Waals surface area contributed by atoms with Crippen molar-refractivity contribution in [3.8, 4) is 11.5 Å². The largest absolute Gasteiger partial charge is 0.493 e. The first-order valence-corrected chi connectivity index (χ1v) is 6.97. The zero-order chi connectivity index (χ0) is 13.0. The molecule has 4 nitrogen and oxygen atoms in total. The van der Waals surface area contributed by atoms with E-state index < -0.39 is 5.97 Å². The minimum atomic E-state index is -0.849. The molecule has 1 heterocycles. The van der Waals surface area contributed by atoms with Gasteiger partial charge in [0.15, 0.2) is 11.5 Å². The third kappa shape index (κ3) is 3.32. The first-order chi connectivity index (χ1) is 8.69. The zero-order valence-electron chi connectivity index (χ0n) is 10.2. The van der Waals surface area contributed by atoms with Gasteiger partial charge in [0.05, 0.1) is 13.5 Å². The summed E-state index contributed by atoms with van der Waals surface area (Å²) in [6, 6.07) is 5.29. The number of hydrogen-bond donors (Lipinski definition) is 1. The van der Waals surface area contributed by atoms with Crippen LogP contribution in [0.5, 0.6) is 11.5 Å². The lowest BCUT2D eigenvalue weighted by atomic mass is 10.1. The van der Waals surface area contributed by atoms with Gasteiger partial charge in [0.2, 0.25) is 0 Å². The highest BCUT2D eigenvalue weighted by Gasteiger charge is 2.19. The van der Waals surface area contributed by atoms with Gasteiger partial charge in [-0.1, -0.05) is 6.07 Å². The van der Waals surface area contributed by atoms with Gasteiger partial charge >= 0.3 is 5.97 Å². The Labute approximate surface area is 110 Å². The van der Waals surface area contributed by atoms with Gasteiger partial charge in [-0.05, 0) is 29.9 Å². The number of aliphatic carboxylic acids is 1. The van der Waals surface area contributed by atoms with Crippen molar-refractivity contribution in [1.82, 2.24) is 0 Å². The second-order valence-electron chi connectivity index (χ2n) is 4.16. The fourth-order valence-corrected chi connectivity index (χ4v) is 2.97. The second-order valence-corrected chi connectivity index (χ2v) is 5.31. The van der Waals surface area contributed by atoms with Gasteiger partial charge in [0, 0.05) is 5.75 Å². The van der Waals surface area contributed by atoms with E-state index in [1.165, 1.54) is 0 Å². The number of ether oxygens (including phenoxy) is 2. The minimum Gasteiger partial charge on any atom is -0.493 e. The molecule has 0 saturated carbocycles. The Morgan fingerprint density at radius 3 is 2.94 bits per heavy atom. The smallest absolute Gasteiger partial charge is 0.307 e. The van der Waals surface area contributed by atoms with Crippen molar-refractivity contribution >= 4 is 17.7 Å². The van der Waals surface area contributed by atoms with Crippen LogP contribution in [-0.4, -0.2) is 35.8 Å². The van der Waals surface area contributed by atoms with Crippen LogP contribution in [0.15, 0.2) is 18.2 Å². The van der Waals surface area contributed by atoms with E-state index in [9.17, 15) is 4.79 Å². The van der Waals surface area contributed by atoms with Crippen molar-refractivity contribution < 1.29 is 19.4 Å². The van der Waals surface area contributed by atoms with Crippen LogP contribution in [0.4, 0.5) is 0 Å². The van der Waals surface area contributed by atoms with Crippen molar-refractivity contribution in [2.24, 2.45) is 0 Å². The highest BCUT2D eigenvalue weighted by molar-refractivity contribution is 7.99. The number of carboxylic acids is 1. The number of carbonyl (C=O) groups is 1. The van der Waals surface area contributed by atoms with Crippen LogP contribution in [0.25, 0.3) is 0 Å². The first-order valence-electron chi connectivity index (χ1n) is 5.82. The lowest BCUT2D eigenvalue weighted by Crippen LogP contribution is -2.15. The molecule has 1 aromatic carbocycles. The van der Waals surface area contributed by atoms with Crippen molar-refractivity contribution in [1.29, 1.82) is 0 Å². The summed E-state index contributed by atoms with van der Waals surface area (Å²) in [6.07, 6.45) is 1.27. The molecule has 1 aliphatic heterocycles. The third-order valence-electron chi connectivity index (χ3n) is 2.76. The quantitative estimate of drug-likeness (QED) is 0.887. The molecule has 0 amide bonds. The van der Waals surface area contributed by atoms with Crippen LogP contribution in [0.2, 0.25) is 0 Å². The van der Waals surface area contributed by atoms with Crippen LogP contribution < -0.4 is 9.47 Å². The maximum absolute atomic E-state index is 10.7. The standard InChI is InChI=1S/C13H16O4S/c1-16-12-6-9(7-13(14)15)2-3-11(12)17-10-4-5-18-8-10/h2-3,6,10H,4-5,7-8H2,1H3,(H,14,15). The summed E-state index contributed by atoms with van der Waals surface area (Å²) in [6.45, 7) is 0. The van der Waals surface area contributed by atoms with E-state index in [2.05, 4.69) is 0 Å². The van der Waals surface area contributed by atoms with E-state index in [1.54, 1.807) is 25.3 Å². The van der Waals surface area contributed by atoms with Crippen molar-refractivity contribution in [2.75, 3.05) is 18.6 Å². The average molecular weight is 268 g/mol. The molecular weight excluding hydrogens is 252 g/mol. The molecular formula is C13H16O4S. The molecule has 1 aliphatic rings. The summed E-state index contributed by atoms with van der Waals surface area (Å²) in [7, 11) is 1.57. The van der Waals surface area contributed by atoms with Gasteiger partial charge < -0.3 is 14.6 Å². The van der Waals surface area contributed by atoms with E-state index in [-0.39, 0.29) is 12.5 Å². The van der Waals surface area contributed by atoms with Crippen molar-refractivity contribution in [2.45, 2.75) is 18.9 Å². The Kier molecular flexibility index (Phi) is 4.36. The Hall–Kier alpha value is -1.36. The van der Waals surface area contributed by atoms with Crippen LogP contribution in [0.1, 0.15) is 12.0 Å². The predicted molar refractivity (Wildman–Crippen MR) is 70.7 cm³/mol. The molecule has 1 saturated heterocycles. The molecule has 1 aromatic rings. The number of thioether (sulfide) groups is 1. The summed E-state index contributed by atoms with van der Waals surface area (Å²) < 4.78 is 11.1. The molecule has 98 valence electrons. The van der Waals surface area contributed by atoms with Gasteiger partial charge in [-0.2, -0.15) is 11.8 Å². The van der Waals surface area contributed by atoms with E-state index in [4.69, 9.17) is 14.6 Å². The fraction of sp³-hybridized carbons (Fsp3) is 0.462. The highest BCUT2D eigenvalue weighted by atomic mass is 32.2. The maximum Gasteiger partial charge on any atom is 0.307 e. The molecule has 1 fully saturated rings. The topological polar surface area (TPSA) is 55.8 Å². The maximum atomic E-state index is 10.7. The summed E-state index contributed by atoms with van der Waals surface area (Å²) in [4.78, 5) is 10.7. The molecule has 2 rings (SSSR count). The number of hydrogen-bond acceptors (Lipinski definition) is 4. The molecule has 0 aliphatic carbocycles. The van der Waals surface area contributed by atoms with Gasteiger partial charge in [-0.3, -0.25) is 4.79 Å². The monoisotopic (exact) mass is 268 g/mol. The first kappa shape index (κ1) is 13.1. The Balaban J connectivity index is 2.11. The molecule has 0 spiro atoms. The molecule has 18 heavy (non-hydrogen) atoms. The molecule has 1 atom stereocenters. The zero-order valence-corrected chi connectivity index (χ0v) is 11.0. The molecule has 0 aromatic heterocycles.